The van der Waals surface area contributed by atoms with Crippen LogP contribution in [0.2, 0.25) is 0 Å². The van der Waals surface area contributed by atoms with Gasteiger partial charge in [0, 0.05) is 18.0 Å². The van der Waals surface area contributed by atoms with Crippen LogP contribution >= 0.6 is 0 Å². The smallest absolute Gasteiger partial charge is 0.481 e. The number of rotatable bonds is 10. The normalized spacial score (nSPS) is 13.3. The van der Waals surface area contributed by atoms with Crippen LogP contribution < -0.4 is 10.1 Å². The van der Waals surface area contributed by atoms with Gasteiger partial charge >= 0.3 is 12.3 Å². The molecule has 9 heteroatoms. The van der Waals surface area contributed by atoms with Crippen molar-refractivity contribution in [2.45, 2.75) is 44.6 Å². The lowest BCUT2D eigenvalue weighted by Crippen LogP contribution is -2.26. The molecule has 1 amide bonds. The molecule has 2 aromatic rings. The van der Waals surface area contributed by atoms with E-state index in [2.05, 4.69) is 10.1 Å². The van der Waals surface area contributed by atoms with Crippen molar-refractivity contribution < 1.29 is 37.7 Å². The van der Waals surface area contributed by atoms with Crippen molar-refractivity contribution in [1.29, 1.82) is 0 Å². The van der Waals surface area contributed by atoms with Crippen LogP contribution in [-0.4, -0.2) is 35.0 Å². The number of ether oxygens (including phenoxy) is 1. The number of alkyl halides is 3. The zero-order chi connectivity index (χ0) is 23.0. The molecule has 6 nitrogen and oxygen atoms in total. The summed E-state index contributed by atoms with van der Waals surface area (Å²) in [5.41, 5.74) is 1.57. The number of aliphatic hydroxyl groups excluding tert-OH is 1. The predicted molar refractivity (Wildman–Crippen MR) is 107 cm³/mol. The van der Waals surface area contributed by atoms with Crippen LogP contribution in [0.3, 0.4) is 0 Å². The number of hydrogen-bond donors (Lipinski definition) is 3. The largest absolute Gasteiger partial charge is 0.573 e. The van der Waals surface area contributed by atoms with Gasteiger partial charge in [-0.2, -0.15) is 0 Å². The number of amides is 1. The predicted octanol–water partition coefficient (Wildman–Crippen LogP) is 4.41. The molecule has 2 atom stereocenters. The number of carboxylic acid groups (broad SMARTS) is 1. The molecule has 3 N–H and O–H groups in total. The van der Waals surface area contributed by atoms with E-state index in [0.29, 0.717) is 17.5 Å². The maximum absolute atomic E-state index is 12.3. The molecular weight excluding hydrogens is 415 g/mol. The Morgan fingerprint density at radius 3 is 2.13 bits per heavy atom. The number of benzene rings is 2. The SMILES string of the molecule is CCC[C@H](c1ccc(C(=O)NCCC(=O)O)cc1)[C@@H](O)c1ccc(OC(F)(F)F)cc1. The van der Waals surface area contributed by atoms with Gasteiger partial charge in [-0.15, -0.1) is 13.2 Å². The van der Waals surface area contributed by atoms with Gasteiger partial charge in [0.05, 0.1) is 12.5 Å². The van der Waals surface area contributed by atoms with E-state index in [4.69, 9.17) is 5.11 Å². The number of aliphatic carboxylic acids is 1. The monoisotopic (exact) mass is 439 g/mol. The van der Waals surface area contributed by atoms with Crippen LogP contribution in [0, 0.1) is 0 Å². The van der Waals surface area contributed by atoms with Crippen LogP contribution in [-0.2, 0) is 4.79 Å². The van der Waals surface area contributed by atoms with Gasteiger partial charge in [-0.25, -0.2) is 0 Å². The summed E-state index contributed by atoms with van der Waals surface area (Å²) in [5, 5.41) is 22.0. The number of hydrogen-bond acceptors (Lipinski definition) is 4. The number of carbonyl (C=O) groups is 2. The van der Waals surface area contributed by atoms with Crippen molar-refractivity contribution in [3.8, 4) is 5.75 Å². The quantitative estimate of drug-likeness (QED) is 0.510. The molecule has 0 aliphatic heterocycles. The number of carbonyl (C=O) groups excluding carboxylic acids is 1. The summed E-state index contributed by atoms with van der Waals surface area (Å²) < 4.78 is 40.8. The van der Waals surface area contributed by atoms with Crippen molar-refractivity contribution in [3.05, 3.63) is 65.2 Å². The topological polar surface area (TPSA) is 95.9 Å². The third-order valence-corrected chi connectivity index (χ3v) is 4.66. The van der Waals surface area contributed by atoms with Crippen molar-refractivity contribution >= 4 is 11.9 Å². The van der Waals surface area contributed by atoms with Crippen LogP contribution in [0.5, 0.6) is 5.75 Å². The van der Waals surface area contributed by atoms with E-state index < -0.39 is 24.3 Å². The van der Waals surface area contributed by atoms with Crippen molar-refractivity contribution in [3.63, 3.8) is 0 Å². The average molecular weight is 439 g/mol. The Bertz CT molecular complexity index is 866. The van der Waals surface area contributed by atoms with E-state index in [1.54, 1.807) is 24.3 Å². The molecule has 0 saturated carbocycles. The molecule has 0 aromatic heterocycles. The first-order valence-electron chi connectivity index (χ1n) is 9.74. The van der Waals surface area contributed by atoms with Crippen LogP contribution in [0.25, 0.3) is 0 Å². The fourth-order valence-corrected chi connectivity index (χ4v) is 3.18. The highest BCUT2D eigenvalue weighted by Gasteiger charge is 2.31. The maximum atomic E-state index is 12.3. The number of nitrogens with one attached hydrogen (secondary N) is 1. The molecule has 0 aliphatic rings. The van der Waals surface area contributed by atoms with E-state index in [1.807, 2.05) is 6.92 Å². The molecular formula is C22H24F3NO5. The summed E-state index contributed by atoms with van der Waals surface area (Å²) in [6.45, 7) is 1.96. The fourth-order valence-electron chi connectivity index (χ4n) is 3.18. The summed E-state index contributed by atoms with van der Waals surface area (Å²) in [5.74, 6) is -2.11. The molecule has 0 fully saturated rings. The van der Waals surface area contributed by atoms with Crippen molar-refractivity contribution in [2.75, 3.05) is 6.54 Å². The van der Waals surface area contributed by atoms with Gasteiger partial charge in [0.25, 0.3) is 5.91 Å². The molecule has 2 rings (SSSR count). The minimum atomic E-state index is -4.79. The van der Waals surface area contributed by atoms with E-state index in [0.717, 1.165) is 24.1 Å². The second-order valence-electron chi connectivity index (χ2n) is 6.98. The minimum absolute atomic E-state index is 0.0150. The van der Waals surface area contributed by atoms with E-state index in [1.165, 1.54) is 12.1 Å². The summed E-state index contributed by atoms with van der Waals surface area (Å²) in [6.07, 6.45) is -4.55. The van der Waals surface area contributed by atoms with Gasteiger partial charge in [0.2, 0.25) is 0 Å². The summed E-state index contributed by atoms with van der Waals surface area (Å²) in [4.78, 5) is 22.6. The number of carboxylic acids is 1. The van der Waals surface area contributed by atoms with Crippen molar-refractivity contribution in [1.82, 2.24) is 5.32 Å². The van der Waals surface area contributed by atoms with Gasteiger partial charge < -0.3 is 20.3 Å². The molecule has 0 aliphatic carbocycles. The van der Waals surface area contributed by atoms with Gasteiger partial charge in [-0.3, -0.25) is 9.59 Å². The molecule has 0 spiro atoms. The van der Waals surface area contributed by atoms with Crippen molar-refractivity contribution in [2.24, 2.45) is 0 Å². The first kappa shape index (κ1) is 24.2. The lowest BCUT2D eigenvalue weighted by atomic mass is 9.85. The number of halogens is 3. The van der Waals surface area contributed by atoms with Crippen LogP contribution in [0.4, 0.5) is 13.2 Å². The molecule has 0 heterocycles. The molecule has 0 radical (unpaired) electrons. The Kier molecular flexibility index (Phi) is 8.44. The summed E-state index contributed by atoms with van der Waals surface area (Å²) in [6, 6.07) is 11.7. The van der Waals surface area contributed by atoms with Gasteiger partial charge in [0.15, 0.2) is 0 Å². The third kappa shape index (κ3) is 7.60. The molecule has 0 bridgehead atoms. The zero-order valence-electron chi connectivity index (χ0n) is 16.9. The van der Waals surface area contributed by atoms with Gasteiger partial charge in [-0.05, 0) is 41.8 Å². The fraction of sp³-hybridized carbons (Fsp3) is 0.364. The molecule has 31 heavy (non-hydrogen) atoms. The first-order valence-corrected chi connectivity index (χ1v) is 9.74. The van der Waals surface area contributed by atoms with E-state index >= 15 is 0 Å². The molecule has 2 aromatic carbocycles. The Hall–Kier alpha value is -3.07. The number of aliphatic hydroxyl groups is 1. The Balaban J connectivity index is 2.12. The summed E-state index contributed by atoms with van der Waals surface area (Å²) in [7, 11) is 0. The Morgan fingerprint density at radius 2 is 1.61 bits per heavy atom. The van der Waals surface area contributed by atoms with E-state index in [-0.39, 0.29) is 24.6 Å². The van der Waals surface area contributed by atoms with Crippen LogP contribution in [0.15, 0.2) is 48.5 Å². The maximum Gasteiger partial charge on any atom is 0.573 e. The second-order valence-corrected chi connectivity index (χ2v) is 6.98. The van der Waals surface area contributed by atoms with Gasteiger partial charge in [0.1, 0.15) is 5.75 Å². The lowest BCUT2D eigenvalue weighted by Gasteiger charge is -2.24. The first-order chi connectivity index (χ1) is 14.6. The molecule has 0 saturated heterocycles. The lowest BCUT2D eigenvalue weighted by molar-refractivity contribution is -0.274. The standard InChI is InChI=1S/C22H24F3NO5/c1-2-3-18(20(29)15-8-10-17(11-9-15)31-22(23,24)25)14-4-6-16(7-5-14)21(30)26-13-12-19(27)28/h4-11,18,20,29H,2-3,12-13H2,1H3,(H,26,30)(H,27,28)/t18-,20+/m1/s1. The van der Waals surface area contributed by atoms with E-state index in [9.17, 15) is 27.9 Å². The highest BCUT2D eigenvalue weighted by molar-refractivity contribution is 5.94. The van der Waals surface area contributed by atoms with Crippen LogP contribution in [0.1, 0.15) is 59.7 Å². The van der Waals surface area contributed by atoms with Gasteiger partial charge in [-0.1, -0.05) is 37.6 Å². The molecule has 0 unspecified atom stereocenters. The molecule has 168 valence electrons. The average Bonchev–Trinajstić information content (AvgIpc) is 2.71. The second kappa shape index (κ2) is 10.8. The third-order valence-electron chi connectivity index (χ3n) is 4.66. The highest BCUT2D eigenvalue weighted by Crippen LogP contribution is 2.36. The zero-order valence-corrected chi connectivity index (χ0v) is 16.9. The highest BCUT2D eigenvalue weighted by atomic mass is 19.4. The minimum Gasteiger partial charge on any atom is -0.481 e. The Morgan fingerprint density at radius 1 is 1.03 bits per heavy atom. The summed E-state index contributed by atoms with van der Waals surface area (Å²) >= 11 is 0. The Labute approximate surface area is 177 Å².